The van der Waals surface area contributed by atoms with Gasteiger partial charge in [-0.1, -0.05) is 48.5 Å². The molecule has 0 unspecified atom stereocenters. The highest BCUT2D eigenvalue weighted by Gasteiger charge is 2.63. The summed E-state index contributed by atoms with van der Waals surface area (Å²) in [6.07, 6.45) is 0.366. The van der Waals surface area contributed by atoms with Crippen molar-refractivity contribution in [1.82, 2.24) is 0 Å². The van der Waals surface area contributed by atoms with Gasteiger partial charge in [-0.2, -0.15) is 5.26 Å². The lowest BCUT2D eigenvalue weighted by Crippen LogP contribution is -2.18. The lowest BCUT2D eigenvalue weighted by Gasteiger charge is -2.09. The van der Waals surface area contributed by atoms with Gasteiger partial charge in [0.15, 0.2) is 9.84 Å². The predicted octanol–water partition coefficient (Wildman–Crippen LogP) is 2.69. The average Bonchev–Trinajstić information content (AvgIpc) is 3.26. The second-order valence-corrected chi connectivity index (χ2v) is 7.13. The average molecular weight is 283 g/mol. The second-order valence-electron chi connectivity index (χ2n) is 5.00. The van der Waals surface area contributed by atoms with Crippen molar-refractivity contribution in [3.8, 4) is 6.07 Å². The molecule has 100 valence electrons. The lowest BCUT2D eigenvalue weighted by molar-refractivity contribution is 0.592. The Morgan fingerprint density at radius 3 is 2.10 bits per heavy atom. The molecule has 2 aromatic carbocycles. The van der Waals surface area contributed by atoms with Crippen LogP contribution in [0.1, 0.15) is 12.0 Å². The van der Waals surface area contributed by atoms with Gasteiger partial charge in [-0.25, -0.2) is 8.42 Å². The van der Waals surface area contributed by atoms with Crippen molar-refractivity contribution < 1.29 is 8.42 Å². The first-order valence-corrected chi connectivity index (χ1v) is 7.91. The van der Waals surface area contributed by atoms with E-state index in [2.05, 4.69) is 6.07 Å². The first-order valence-electron chi connectivity index (χ1n) is 6.37. The molecule has 3 rings (SSSR count). The van der Waals surface area contributed by atoms with Gasteiger partial charge in [0.1, 0.15) is 5.41 Å². The van der Waals surface area contributed by atoms with Crippen molar-refractivity contribution in [2.45, 2.75) is 22.0 Å². The summed E-state index contributed by atoms with van der Waals surface area (Å²) < 4.78 is 25.2. The van der Waals surface area contributed by atoms with E-state index in [0.717, 1.165) is 5.56 Å². The molecule has 0 N–H and O–H groups in total. The number of benzene rings is 2. The Morgan fingerprint density at radius 2 is 1.55 bits per heavy atom. The summed E-state index contributed by atoms with van der Waals surface area (Å²) >= 11 is 0. The summed E-state index contributed by atoms with van der Waals surface area (Å²) in [5.74, 6) is 0. The highest BCUT2D eigenvalue weighted by atomic mass is 32.2. The van der Waals surface area contributed by atoms with E-state index in [0.29, 0.717) is 6.42 Å². The lowest BCUT2D eigenvalue weighted by atomic mass is 9.98. The molecule has 0 saturated heterocycles. The Hall–Kier alpha value is -2.12. The van der Waals surface area contributed by atoms with Crippen LogP contribution < -0.4 is 0 Å². The van der Waals surface area contributed by atoms with E-state index in [1.807, 2.05) is 30.3 Å². The molecule has 3 nitrogen and oxygen atoms in total. The van der Waals surface area contributed by atoms with Crippen LogP contribution in [0.15, 0.2) is 65.6 Å². The zero-order valence-corrected chi connectivity index (χ0v) is 11.5. The van der Waals surface area contributed by atoms with Crippen LogP contribution in [0.5, 0.6) is 0 Å². The number of nitrogens with zero attached hydrogens (tertiary/aromatic N) is 1. The minimum atomic E-state index is -3.46. The first-order chi connectivity index (χ1) is 9.61. The molecule has 0 aromatic heterocycles. The number of hydrogen-bond donors (Lipinski definition) is 0. The molecule has 0 spiro atoms. The van der Waals surface area contributed by atoms with Crippen LogP contribution in [0, 0.1) is 11.3 Å². The van der Waals surface area contributed by atoms with E-state index in [1.54, 1.807) is 30.3 Å². The molecule has 1 fully saturated rings. The van der Waals surface area contributed by atoms with Crippen molar-refractivity contribution in [3.63, 3.8) is 0 Å². The Morgan fingerprint density at radius 1 is 1.00 bits per heavy atom. The molecule has 2 aromatic rings. The maximum atomic E-state index is 12.6. The van der Waals surface area contributed by atoms with E-state index in [4.69, 9.17) is 0 Å². The summed E-state index contributed by atoms with van der Waals surface area (Å²) in [5, 5.41) is 8.83. The van der Waals surface area contributed by atoms with Crippen molar-refractivity contribution in [1.29, 1.82) is 5.26 Å². The standard InChI is InChI=1S/C16H13NO2S/c17-12-16(13-7-3-1-4-8-13)11-15(16)20(18,19)14-9-5-2-6-10-14/h1-10,15H,11H2/t15-,16+/m0/s1. The van der Waals surface area contributed by atoms with Gasteiger partial charge < -0.3 is 0 Å². The van der Waals surface area contributed by atoms with Crippen LogP contribution in [0.2, 0.25) is 0 Å². The van der Waals surface area contributed by atoms with Gasteiger partial charge in [0, 0.05) is 0 Å². The van der Waals surface area contributed by atoms with E-state index in [-0.39, 0.29) is 4.90 Å². The van der Waals surface area contributed by atoms with E-state index < -0.39 is 20.5 Å². The molecule has 1 saturated carbocycles. The quantitative estimate of drug-likeness (QED) is 0.870. The van der Waals surface area contributed by atoms with Gasteiger partial charge in [-0.3, -0.25) is 0 Å². The van der Waals surface area contributed by atoms with Crippen LogP contribution in [0.3, 0.4) is 0 Å². The summed E-state index contributed by atoms with van der Waals surface area (Å²) in [6.45, 7) is 0. The van der Waals surface area contributed by atoms with Crippen LogP contribution in [-0.4, -0.2) is 13.7 Å². The molecule has 20 heavy (non-hydrogen) atoms. The number of hydrogen-bond acceptors (Lipinski definition) is 3. The third-order valence-corrected chi connectivity index (χ3v) is 6.08. The van der Waals surface area contributed by atoms with E-state index in [1.165, 1.54) is 0 Å². The van der Waals surface area contributed by atoms with Gasteiger partial charge >= 0.3 is 0 Å². The molecule has 1 aliphatic rings. The van der Waals surface area contributed by atoms with Gasteiger partial charge in [0.25, 0.3) is 0 Å². The van der Waals surface area contributed by atoms with Crippen molar-refractivity contribution in [2.24, 2.45) is 0 Å². The normalized spacial score (nSPS) is 24.9. The third kappa shape index (κ3) is 1.83. The van der Waals surface area contributed by atoms with Crippen LogP contribution in [0.4, 0.5) is 0 Å². The largest absolute Gasteiger partial charge is 0.223 e. The summed E-state index contributed by atoms with van der Waals surface area (Å²) in [7, 11) is -3.46. The van der Waals surface area contributed by atoms with Gasteiger partial charge in [0.2, 0.25) is 0 Å². The van der Waals surface area contributed by atoms with Crippen LogP contribution >= 0.6 is 0 Å². The fraction of sp³-hybridized carbons (Fsp3) is 0.188. The number of nitriles is 1. The Kier molecular flexibility index (Phi) is 2.88. The smallest absolute Gasteiger partial charge is 0.183 e. The molecule has 2 atom stereocenters. The summed E-state index contributed by atoms with van der Waals surface area (Å²) in [5.41, 5.74) is -0.109. The number of sulfone groups is 1. The summed E-state index contributed by atoms with van der Waals surface area (Å²) in [4.78, 5) is 0.290. The van der Waals surface area contributed by atoms with E-state index >= 15 is 0 Å². The van der Waals surface area contributed by atoms with Gasteiger partial charge in [0.05, 0.1) is 16.2 Å². The maximum absolute atomic E-state index is 12.6. The second kappa shape index (κ2) is 4.46. The molecule has 0 amide bonds. The van der Waals surface area contributed by atoms with Crippen molar-refractivity contribution >= 4 is 9.84 Å². The molecule has 0 radical (unpaired) electrons. The van der Waals surface area contributed by atoms with Gasteiger partial charge in [-0.05, 0) is 24.1 Å². The van der Waals surface area contributed by atoms with Crippen LogP contribution in [-0.2, 0) is 15.3 Å². The van der Waals surface area contributed by atoms with Crippen LogP contribution in [0.25, 0.3) is 0 Å². The molecule has 0 heterocycles. The topological polar surface area (TPSA) is 57.9 Å². The number of rotatable bonds is 3. The molecular weight excluding hydrogens is 270 g/mol. The van der Waals surface area contributed by atoms with Crippen molar-refractivity contribution in [2.75, 3.05) is 0 Å². The van der Waals surface area contributed by atoms with E-state index in [9.17, 15) is 13.7 Å². The molecule has 0 aliphatic heterocycles. The monoisotopic (exact) mass is 283 g/mol. The zero-order chi connectivity index (χ0) is 14.2. The Bertz CT molecular complexity index is 763. The minimum absolute atomic E-state index is 0.290. The van der Waals surface area contributed by atoms with Crippen molar-refractivity contribution in [3.05, 3.63) is 66.2 Å². The zero-order valence-electron chi connectivity index (χ0n) is 10.7. The predicted molar refractivity (Wildman–Crippen MR) is 75.8 cm³/mol. The highest BCUT2D eigenvalue weighted by Crippen LogP contribution is 2.53. The van der Waals surface area contributed by atoms with Gasteiger partial charge in [-0.15, -0.1) is 0 Å². The minimum Gasteiger partial charge on any atom is -0.223 e. The molecule has 4 heteroatoms. The molecule has 1 aliphatic carbocycles. The molecular formula is C16H13NO2S. The Labute approximate surface area is 118 Å². The highest BCUT2D eigenvalue weighted by molar-refractivity contribution is 7.92. The fourth-order valence-corrected chi connectivity index (χ4v) is 4.67. The molecule has 0 bridgehead atoms. The Balaban J connectivity index is 2.01. The summed E-state index contributed by atoms with van der Waals surface area (Å²) in [6, 6.07) is 19.7. The maximum Gasteiger partial charge on any atom is 0.183 e. The fourth-order valence-electron chi connectivity index (χ4n) is 2.60. The third-order valence-electron chi connectivity index (χ3n) is 3.83. The SMILES string of the molecule is N#C[C@@]1(c2ccccc2)C[C@@H]1S(=O)(=O)c1ccccc1. The first kappa shape index (κ1) is 12.9.